The summed E-state index contributed by atoms with van der Waals surface area (Å²) in [6.07, 6.45) is 3.93. The van der Waals surface area contributed by atoms with E-state index in [4.69, 9.17) is 0 Å². The Balaban J connectivity index is 1.68. The number of nitrogens with zero attached hydrogens (tertiary/aromatic N) is 3. The van der Waals surface area contributed by atoms with E-state index in [0.29, 0.717) is 11.5 Å². The summed E-state index contributed by atoms with van der Waals surface area (Å²) in [6.45, 7) is 6.10. The maximum absolute atomic E-state index is 12.0. The van der Waals surface area contributed by atoms with Crippen molar-refractivity contribution in [3.05, 3.63) is 42.4 Å². The predicted octanol–water partition coefficient (Wildman–Crippen LogP) is 2.96. The molecule has 2 N–H and O–H groups in total. The molecule has 1 amide bonds. The maximum Gasteiger partial charge on any atom is 0.270 e. The summed E-state index contributed by atoms with van der Waals surface area (Å²) in [6, 6.07) is 10.0. The molecule has 1 aromatic carbocycles. The van der Waals surface area contributed by atoms with E-state index in [2.05, 4.69) is 37.6 Å². The van der Waals surface area contributed by atoms with Crippen molar-refractivity contribution in [1.82, 2.24) is 15.3 Å². The van der Waals surface area contributed by atoms with Crippen LogP contribution in [0, 0.1) is 0 Å². The fourth-order valence-corrected chi connectivity index (χ4v) is 2.76. The van der Waals surface area contributed by atoms with E-state index < -0.39 is 0 Å². The number of nitrogens with one attached hydrogen (secondary N) is 2. The summed E-state index contributed by atoms with van der Waals surface area (Å²) in [5.74, 6) is 0.410. The molecule has 0 bridgehead atoms. The van der Waals surface area contributed by atoms with Gasteiger partial charge in [0.25, 0.3) is 5.91 Å². The molecular formula is C18H23N5O. The third-order valence-electron chi connectivity index (χ3n) is 3.93. The summed E-state index contributed by atoms with van der Waals surface area (Å²) in [5.41, 5.74) is 2.54. The molecule has 0 spiro atoms. The van der Waals surface area contributed by atoms with Gasteiger partial charge in [0.15, 0.2) is 0 Å². The first-order valence-electron chi connectivity index (χ1n) is 8.37. The van der Waals surface area contributed by atoms with Gasteiger partial charge in [-0.3, -0.25) is 4.79 Å². The first kappa shape index (κ1) is 16.2. The minimum Gasteiger partial charge on any atom is -0.372 e. The van der Waals surface area contributed by atoms with E-state index in [0.717, 1.165) is 18.8 Å². The van der Waals surface area contributed by atoms with Crippen LogP contribution in [0.4, 0.5) is 17.2 Å². The Morgan fingerprint density at radius 2 is 1.83 bits per heavy atom. The lowest BCUT2D eigenvalue weighted by molar-refractivity contribution is 0.0938. The van der Waals surface area contributed by atoms with E-state index in [-0.39, 0.29) is 11.9 Å². The van der Waals surface area contributed by atoms with Crippen molar-refractivity contribution in [2.45, 2.75) is 32.7 Å². The minimum absolute atomic E-state index is 0.0713. The average Bonchev–Trinajstić information content (AvgIpc) is 3.10. The number of carbonyl (C=O) groups excluding carboxylic acids is 1. The Kier molecular flexibility index (Phi) is 4.93. The van der Waals surface area contributed by atoms with Gasteiger partial charge in [-0.25, -0.2) is 9.97 Å². The molecule has 3 rings (SSSR count). The lowest BCUT2D eigenvalue weighted by atomic mass is 10.2. The minimum atomic E-state index is -0.195. The second-order valence-corrected chi connectivity index (χ2v) is 6.28. The first-order chi connectivity index (χ1) is 11.6. The van der Waals surface area contributed by atoms with Crippen LogP contribution in [-0.4, -0.2) is 35.0 Å². The van der Waals surface area contributed by atoms with E-state index in [9.17, 15) is 4.79 Å². The van der Waals surface area contributed by atoms with Crippen LogP contribution < -0.4 is 15.5 Å². The van der Waals surface area contributed by atoms with Gasteiger partial charge in [-0.2, -0.15) is 0 Å². The first-order valence-corrected chi connectivity index (χ1v) is 8.37. The molecule has 2 heterocycles. The summed E-state index contributed by atoms with van der Waals surface area (Å²) in [5, 5.41) is 6.05. The van der Waals surface area contributed by atoms with Crippen molar-refractivity contribution in [2.24, 2.45) is 0 Å². The molecule has 0 unspecified atom stereocenters. The Bertz CT molecular complexity index is 693. The van der Waals surface area contributed by atoms with Crippen molar-refractivity contribution in [2.75, 3.05) is 23.3 Å². The summed E-state index contributed by atoms with van der Waals surface area (Å²) in [4.78, 5) is 22.6. The Labute approximate surface area is 142 Å². The van der Waals surface area contributed by atoms with Crippen LogP contribution in [0.3, 0.4) is 0 Å². The molecule has 24 heavy (non-hydrogen) atoms. The van der Waals surface area contributed by atoms with Gasteiger partial charge in [-0.05, 0) is 51.0 Å². The third kappa shape index (κ3) is 4.01. The number of hydrogen-bond acceptors (Lipinski definition) is 5. The van der Waals surface area contributed by atoms with E-state index in [1.165, 1.54) is 24.9 Å². The van der Waals surface area contributed by atoms with E-state index >= 15 is 0 Å². The molecular weight excluding hydrogens is 302 g/mol. The van der Waals surface area contributed by atoms with Crippen molar-refractivity contribution in [3.8, 4) is 0 Å². The second-order valence-electron chi connectivity index (χ2n) is 6.28. The van der Waals surface area contributed by atoms with Gasteiger partial charge in [0, 0.05) is 36.6 Å². The molecule has 126 valence electrons. The predicted molar refractivity (Wildman–Crippen MR) is 95.8 cm³/mol. The van der Waals surface area contributed by atoms with Gasteiger partial charge in [0.1, 0.15) is 17.8 Å². The summed E-state index contributed by atoms with van der Waals surface area (Å²) in [7, 11) is 0. The quantitative estimate of drug-likeness (QED) is 0.884. The average molecular weight is 325 g/mol. The van der Waals surface area contributed by atoms with Crippen LogP contribution in [0.2, 0.25) is 0 Å². The second kappa shape index (κ2) is 7.29. The van der Waals surface area contributed by atoms with Crippen molar-refractivity contribution in [1.29, 1.82) is 0 Å². The van der Waals surface area contributed by atoms with Crippen LogP contribution in [0.5, 0.6) is 0 Å². The number of carbonyl (C=O) groups is 1. The molecule has 2 aromatic rings. The van der Waals surface area contributed by atoms with Crippen molar-refractivity contribution >= 4 is 23.1 Å². The van der Waals surface area contributed by atoms with Crippen molar-refractivity contribution < 1.29 is 4.79 Å². The zero-order valence-corrected chi connectivity index (χ0v) is 14.1. The molecule has 0 aliphatic carbocycles. The lowest BCUT2D eigenvalue weighted by Crippen LogP contribution is -2.30. The van der Waals surface area contributed by atoms with E-state index in [1.54, 1.807) is 6.07 Å². The number of benzene rings is 1. The van der Waals surface area contributed by atoms with Gasteiger partial charge in [0.05, 0.1) is 0 Å². The highest BCUT2D eigenvalue weighted by molar-refractivity contribution is 5.93. The van der Waals surface area contributed by atoms with Crippen LogP contribution in [0.15, 0.2) is 36.7 Å². The number of aromatic nitrogens is 2. The van der Waals surface area contributed by atoms with Gasteiger partial charge in [0.2, 0.25) is 0 Å². The normalized spacial score (nSPS) is 14.0. The number of hydrogen-bond donors (Lipinski definition) is 2. The molecule has 6 nitrogen and oxygen atoms in total. The molecule has 0 saturated carbocycles. The SMILES string of the molecule is CC(C)NC(=O)c1cc(Nc2ccc(N3CCCC3)cc2)ncn1. The molecule has 0 atom stereocenters. The Hall–Kier alpha value is -2.63. The topological polar surface area (TPSA) is 70.2 Å². The number of rotatable bonds is 5. The van der Waals surface area contributed by atoms with Gasteiger partial charge in [-0.1, -0.05) is 0 Å². The molecule has 1 saturated heterocycles. The third-order valence-corrected chi connectivity index (χ3v) is 3.93. The molecule has 1 aliphatic rings. The largest absolute Gasteiger partial charge is 0.372 e. The fraction of sp³-hybridized carbons (Fsp3) is 0.389. The number of anilines is 3. The Morgan fingerprint density at radius 1 is 1.12 bits per heavy atom. The fourth-order valence-electron chi connectivity index (χ4n) is 2.76. The molecule has 1 aliphatic heterocycles. The zero-order valence-electron chi connectivity index (χ0n) is 14.1. The number of amides is 1. The molecule has 6 heteroatoms. The highest BCUT2D eigenvalue weighted by Gasteiger charge is 2.12. The maximum atomic E-state index is 12.0. The highest BCUT2D eigenvalue weighted by Crippen LogP contribution is 2.23. The smallest absolute Gasteiger partial charge is 0.270 e. The summed E-state index contributed by atoms with van der Waals surface area (Å²) >= 11 is 0. The van der Waals surface area contributed by atoms with Gasteiger partial charge >= 0.3 is 0 Å². The molecule has 1 fully saturated rings. The lowest BCUT2D eigenvalue weighted by Gasteiger charge is -2.18. The van der Waals surface area contributed by atoms with Crippen LogP contribution in [0.1, 0.15) is 37.2 Å². The van der Waals surface area contributed by atoms with Crippen LogP contribution >= 0.6 is 0 Å². The van der Waals surface area contributed by atoms with E-state index in [1.807, 2.05) is 26.0 Å². The molecule has 0 radical (unpaired) electrons. The summed E-state index contributed by atoms with van der Waals surface area (Å²) < 4.78 is 0. The monoisotopic (exact) mass is 325 g/mol. The standard InChI is InChI=1S/C18H23N5O/c1-13(2)21-18(24)16-11-17(20-12-19-16)22-14-5-7-15(8-6-14)23-9-3-4-10-23/h5-8,11-13H,3-4,9-10H2,1-2H3,(H,21,24)(H,19,20,22). The Morgan fingerprint density at radius 3 is 2.50 bits per heavy atom. The van der Waals surface area contributed by atoms with Crippen LogP contribution in [-0.2, 0) is 0 Å². The highest BCUT2D eigenvalue weighted by atomic mass is 16.1. The van der Waals surface area contributed by atoms with Crippen LogP contribution in [0.25, 0.3) is 0 Å². The zero-order chi connectivity index (χ0) is 16.9. The van der Waals surface area contributed by atoms with Gasteiger partial charge in [-0.15, -0.1) is 0 Å². The van der Waals surface area contributed by atoms with Crippen molar-refractivity contribution in [3.63, 3.8) is 0 Å². The molecule has 1 aromatic heterocycles. The van der Waals surface area contributed by atoms with Gasteiger partial charge < -0.3 is 15.5 Å².